The van der Waals surface area contributed by atoms with E-state index in [1.54, 1.807) is 25.2 Å². The molecular weight excluding hydrogens is 154 g/mol. The van der Waals surface area contributed by atoms with E-state index >= 15 is 0 Å². The number of nitrogens with one attached hydrogen (secondary N) is 1. The Morgan fingerprint density at radius 3 is 2.50 bits per heavy atom. The van der Waals surface area contributed by atoms with Crippen LogP contribution in [0.4, 0.5) is 0 Å². The molecule has 0 aromatic rings. The molecule has 0 fully saturated rings. The quantitative estimate of drug-likeness (QED) is 0.481. The Morgan fingerprint density at radius 1 is 1.42 bits per heavy atom. The zero-order valence-corrected chi connectivity index (χ0v) is 6.76. The Hall–Kier alpha value is -1.64. The molecule has 0 bridgehead atoms. The molecule has 3 heteroatoms. The van der Waals surface area contributed by atoms with Crippen LogP contribution in [-0.4, -0.2) is 11.7 Å². The van der Waals surface area contributed by atoms with Crippen LogP contribution in [-0.2, 0) is 9.59 Å². The van der Waals surface area contributed by atoms with Crippen molar-refractivity contribution in [3.8, 4) is 0 Å². The number of amides is 1. The lowest BCUT2D eigenvalue weighted by Gasteiger charge is -1.89. The molecule has 0 aromatic carbocycles. The molecule has 0 unspecified atom stereocenters. The van der Waals surface area contributed by atoms with Crippen molar-refractivity contribution >= 4 is 11.7 Å². The van der Waals surface area contributed by atoms with E-state index in [1.165, 1.54) is 0 Å². The van der Waals surface area contributed by atoms with Crippen LogP contribution in [0.3, 0.4) is 0 Å². The zero-order chi connectivity index (χ0) is 9.14. The minimum Gasteiger partial charge on any atom is -0.322 e. The highest BCUT2D eigenvalue weighted by atomic mass is 16.2. The molecule has 62 valence electrons. The van der Waals surface area contributed by atoms with E-state index in [9.17, 15) is 9.59 Å². The predicted octanol–water partition coefficient (Wildman–Crippen LogP) is 0.702. The summed E-state index contributed by atoms with van der Waals surface area (Å²) in [5.74, 6) is -1.04. The number of allylic oxidation sites excluding steroid dienone is 4. The standard InChI is InChI=1S/C9H9NO2/c1-3-4-5-7-6(2)10-9(12)8(7)11/h3-5H,1H2,2H3,(H,10,11,12)/b5-4-. The van der Waals surface area contributed by atoms with Gasteiger partial charge in [0, 0.05) is 11.3 Å². The molecule has 3 nitrogen and oxygen atoms in total. The predicted molar refractivity (Wildman–Crippen MR) is 45.2 cm³/mol. The molecule has 1 heterocycles. The van der Waals surface area contributed by atoms with Gasteiger partial charge in [-0.05, 0) is 13.0 Å². The van der Waals surface area contributed by atoms with Crippen molar-refractivity contribution in [2.24, 2.45) is 0 Å². The Labute approximate surface area is 70.5 Å². The van der Waals surface area contributed by atoms with E-state index in [0.29, 0.717) is 11.3 Å². The van der Waals surface area contributed by atoms with Crippen LogP contribution < -0.4 is 5.32 Å². The van der Waals surface area contributed by atoms with E-state index in [4.69, 9.17) is 0 Å². The fourth-order valence-corrected chi connectivity index (χ4v) is 0.952. The monoisotopic (exact) mass is 163 g/mol. The summed E-state index contributed by atoms with van der Waals surface area (Å²) in [5, 5.41) is 2.43. The van der Waals surface area contributed by atoms with Crippen molar-refractivity contribution in [3.63, 3.8) is 0 Å². The van der Waals surface area contributed by atoms with Gasteiger partial charge in [0.05, 0.1) is 0 Å². The van der Waals surface area contributed by atoms with Gasteiger partial charge in [0.25, 0.3) is 11.7 Å². The van der Waals surface area contributed by atoms with E-state index in [1.807, 2.05) is 0 Å². The molecule has 1 aliphatic heterocycles. The third-order valence-electron chi connectivity index (χ3n) is 1.55. The van der Waals surface area contributed by atoms with Crippen LogP contribution in [0.5, 0.6) is 0 Å². The fraction of sp³-hybridized carbons (Fsp3) is 0.111. The Balaban J connectivity index is 2.95. The maximum absolute atomic E-state index is 11.1. The highest BCUT2D eigenvalue weighted by Gasteiger charge is 2.26. The number of Topliss-reactive ketones (excluding diaryl/α,β-unsaturated/α-hetero) is 1. The van der Waals surface area contributed by atoms with Gasteiger partial charge >= 0.3 is 0 Å². The lowest BCUT2D eigenvalue weighted by Crippen LogP contribution is -2.20. The van der Waals surface area contributed by atoms with Crippen LogP contribution in [0.1, 0.15) is 6.92 Å². The summed E-state index contributed by atoms with van der Waals surface area (Å²) in [5.41, 5.74) is 1.02. The van der Waals surface area contributed by atoms with E-state index in [2.05, 4.69) is 11.9 Å². The summed E-state index contributed by atoms with van der Waals surface area (Å²) in [6, 6.07) is 0. The molecule has 1 N–H and O–H groups in total. The second-order valence-corrected chi connectivity index (χ2v) is 2.42. The van der Waals surface area contributed by atoms with E-state index < -0.39 is 11.7 Å². The van der Waals surface area contributed by atoms with Gasteiger partial charge in [-0.3, -0.25) is 9.59 Å². The lowest BCUT2D eigenvalue weighted by molar-refractivity contribution is -0.134. The SMILES string of the molecule is C=C/C=C\C1=C(C)NC(=O)C1=O. The summed E-state index contributed by atoms with van der Waals surface area (Å²) in [6.45, 7) is 5.15. The second kappa shape index (κ2) is 3.17. The zero-order valence-electron chi connectivity index (χ0n) is 6.76. The van der Waals surface area contributed by atoms with Gasteiger partial charge in [0.1, 0.15) is 0 Å². The highest BCUT2D eigenvalue weighted by molar-refractivity contribution is 6.46. The maximum atomic E-state index is 11.1. The van der Waals surface area contributed by atoms with Gasteiger partial charge in [0.15, 0.2) is 0 Å². The molecule has 0 radical (unpaired) electrons. The Kier molecular flexibility index (Phi) is 2.24. The van der Waals surface area contributed by atoms with E-state index in [-0.39, 0.29) is 0 Å². The summed E-state index contributed by atoms with van der Waals surface area (Å²) < 4.78 is 0. The molecule has 0 aromatic heterocycles. The van der Waals surface area contributed by atoms with Crippen LogP contribution in [0.15, 0.2) is 36.1 Å². The molecule has 1 aliphatic rings. The fourth-order valence-electron chi connectivity index (χ4n) is 0.952. The smallest absolute Gasteiger partial charge is 0.296 e. The van der Waals surface area contributed by atoms with Crippen molar-refractivity contribution in [3.05, 3.63) is 36.1 Å². The lowest BCUT2D eigenvalue weighted by atomic mass is 10.1. The molecule has 0 atom stereocenters. The molecule has 0 aliphatic carbocycles. The van der Waals surface area contributed by atoms with Crippen molar-refractivity contribution in [2.75, 3.05) is 0 Å². The van der Waals surface area contributed by atoms with Gasteiger partial charge in [-0.25, -0.2) is 0 Å². The molecule has 1 rings (SSSR count). The van der Waals surface area contributed by atoms with Crippen LogP contribution in [0.25, 0.3) is 0 Å². The minimum atomic E-state index is -0.559. The summed E-state index contributed by atoms with van der Waals surface area (Å²) >= 11 is 0. The topological polar surface area (TPSA) is 46.2 Å². The normalized spacial score (nSPS) is 17.4. The first-order valence-electron chi connectivity index (χ1n) is 3.52. The van der Waals surface area contributed by atoms with Crippen LogP contribution >= 0.6 is 0 Å². The minimum absolute atomic E-state index is 0.417. The van der Waals surface area contributed by atoms with Crippen molar-refractivity contribution < 1.29 is 9.59 Å². The summed E-state index contributed by atoms with van der Waals surface area (Å²) in [7, 11) is 0. The second-order valence-electron chi connectivity index (χ2n) is 2.42. The molecule has 1 amide bonds. The first kappa shape index (κ1) is 8.46. The van der Waals surface area contributed by atoms with Crippen LogP contribution in [0.2, 0.25) is 0 Å². The van der Waals surface area contributed by atoms with Gasteiger partial charge in [-0.2, -0.15) is 0 Å². The van der Waals surface area contributed by atoms with Gasteiger partial charge in [-0.15, -0.1) is 0 Å². The van der Waals surface area contributed by atoms with Gasteiger partial charge in [-0.1, -0.05) is 18.7 Å². The average Bonchev–Trinajstić information content (AvgIpc) is 2.25. The van der Waals surface area contributed by atoms with E-state index in [0.717, 1.165) is 0 Å². The summed E-state index contributed by atoms with van der Waals surface area (Å²) in [6.07, 6.45) is 4.75. The number of ketones is 1. The first-order chi connectivity index (χ1) is 5.66. The van der Waals surface area contributed by atoms with Gasteiger partial charge < -0.3 is 5.32 Å². The van der Waals surface area contributed by atoms with Gasteiger partial charge in [0.2, 0.25) is 0 Å². The number of carbonyl (C=O) groups is 2. The first-order valence-corrected chi connectivity index (χ1v) is 3.52. The van der Waals surface area contributed by atoms with Crippen molar-refractivity contribution in [1.29, 1.82) is 0 Å². The van der Waals surface area contributed by atoms with Crippen LogP contribution in [0, 0.1) is 0 Å². The number of hydrogen-bond donors (Lipinski definition) is 1. The Bertz CT molecular complexity index is 310. The number of hydrogen-bond acceptors (Lipinski definition) is 2. The average molecular weight is 163 g/mol. The highest BCUT2D eigenvalue weighted by Crippen LogP contribution is 2.11. The Morgan fingerprint density at radius 2 is 2.08 bits per heavy atom. The molecule has 12 heavy (non-hydrogen) atoms. The molecule has 0 saturated carbocycles. The summed E-state index contributed by atoms with van der Waals surface area (Å²) in [4.78, 5) is 21.9. The largest absolute Gasteiger partial charge is 0.322 e. The van der Waals surface area contributed by atoms with Crippen molar-refractivity contribution in [1.82, 2.24) is 5.32 Å². The molecular formula is C9H9NO2. The third-order valence-corrected chi connectivity index (χ3v) is 1.55. The number of rotatable bonds is 2. The molecule has 0 saturated heterocycles. The van der Waals surface area contributed by atoms with Crippen molar-refractivity contribution in [2.45, 2.75) is 6.92 Å². The maximum Gasteiger partial charge on any atom is 0.296 e. The molecule has 0 spiro atoms. The third kappa shape index (κ3) is 1.34. The number of carbonyl (C=O) groups excluding carboxylic acids is 2.